The number of thiazole rings is 1. The van der Waals surface area contributed by atoms with Crippen molar-refractivity contribution < 1.29 is 14.0 Å². The minimum Gasteiger partial charge on any atom is -0.459 e. The number of furan rings is 1. The molecule has 1 saturated heterocycles. The van der Waals surface area contributed by atoms with E-state index >= 15 is 0 Å². The zero-order valence-corrected chi connectivity index (χ0v) is 17.1. The van der Waals surface area contributed by atoms with E-state index in [0.717, 1.165) is 17.0 Å². The maximum atomic E-state index is 12.6. The molecule has 0 bridgehead atoms. The molecule has 0 aliphatic carbocycles. The van der Waals surface area contributed by atoms with Crippen LogP contribution >= 0.6 is 11.3 Å². The number of nitrogens with one attached hydrogen (secondary N) is 1. The molecule has 0 spiro atoms. The van der Waals surface area contributed by atoms with Crippen LogP contribution in [0.15, 0.2) is 52.5 Å². The van der Waals surface area contributed by atoms with E-state index in [-0.39, 0.29) is 17.9 Å². The summed E-state index contributed by atoms with van der Waals surface area (Å²) in [5.41, 5.74) is 2.75. The highest BCUT2D eigenvalue weighted by molar-refractivity contribution is 7.13. The van der Waals surface area contributed by atoms with E-state index in [1.165, 1.54) is 23.2 Å². The first-order chi connectivity index (χ1) is 14.1. The van der Waals surface area contributed by atoms with Crippen LogP contribution in [0.2, 0.25) is 0 Å². The van der Waals surface area contributed by atoms with Crippen LogP contribution in [0.1, 0.15) is 46.4 Å². The second-order valence-electron chi connectivity index (χ2n) is 7.11. The van der Waals surface area contributed by atoms with Gasteiger partial charge in [0.15, 0.2) is 5.76 Å². The van der Waals surface area contributed by atoms with Crippen LogP contribution < -0.4 is 5.32 Å². The number of likely N-dealkylation sites (tertiary alicyclic amines) is 1. The van der Waals surface area contributed by atoms with Crippen LogP contribution in [0.5, 0.6) is 0 Å². The minimum atomic E-state index is -0.159. The fourth-order valence-electron chi connectivity index (χ4n) is 3.44. The number of rotatable bonds is 5. The molecule has 1 fully saturated rings. The van der Waals surface area contributed by atoms with Crippen LogP contribution in [0.3, 0.4) is 0 Å². The highest BCUT2D eigenvalue weighted by Crippen LogP contribution is 2.24. The fraction of sp³-hybridized carbons (Fsp3) is 0.318. The van der Waals surface area contributed by atoms with Crippen LogP contribution in [0.25, 0.3) is 10.6 Å². The van der Waals surface area contributed by atoms with Gasteiger partial charge in [-0.25, -0.2) is 4.98 Å². The number of carbonyl (C=O) groups excluding carboxylic acids is 2. The zero-order chi connectivity index (χ0) is 20.2. The van der Waals surface area contributed by atoms with Gasteiger partial charge in [0.1, 0.15) is 10.7 Å². The maximum Gasteiger partial charge on any atom is 0.289 e. The van der Waals surface area contributed by atoms with Gasteiger partial charge >= 0.3 is 0 Å². The Morgan fingerprint density at radius 3 is 2.62 bits per heavy atom. The van der Waals surface area contributed by atoms with Crippen molar-refractivity contribution in [1.82, 2.24) is 15.2 Å². The number of carbonyl (C=O) groups is 2. The second-order valence-corrected chi connectivity index (χ2v) is 7.96. The van der Waals surface area contributed by atoms with Gasteiger partial charge in [-0.05, 0) is 37.0 Å². The number of amides is 2. The Hall–Kier alpha value is -2.93. The van der Waals surface area contributed by atoms with Crippen molar-refractivity contribution >= 4 is 23.2 Å². The molecule has 1 aliphatic heterocycles. The fourth-order valence-corrected chi connectivity index (χ4v) is 4.24. The van der Waals surface area contributed by atoms with Crippen molar-refractivity contribution in [2.45, 2.75) is 32.2 Å². The predicted molar refractivity (Wildman–Crippen MR) is 112 cm³/mol. The van der Waals surface area contributed by atoms with Gasteiger partial charge in [-0.2, -0.15) is 0 Å². The molecule has 3 aromatic rings. The van der Waals surface area contributed by atoms with Gasteiger partial charge in [0, 0.05) is 30.1 Å². The van der Waals surface area contributed by atoms with Gasteiger partial charge in [0.05, 0.1) is 6.26 Å². The maximum absolute atomic E-state index is 12.6. The van der Waals surface area contributed by atoms with Crippen molar-refractivity contribution in [3.63, 3.8) is 0 Å². The van der Waals surface area contributed by atoms with Crippen LogP contribution in [-0.4, -0.2) is 40.8 Å². The lowest BCUT2D eigenvalue weighted by Gasteiger charge is -2.31. The Kier molecular flexibility index (Phi) is 5.76. The van der Waals surface area contributed by atoms with Gasteiger partial charge in [0.25, 0.3) is 11.8 Å². The molecule has 6 nitrogen and oxygen atoms in total. The molecule has 1 aliphatic rings. The Bertz CT molecular complexity index is 971. The average molecular weight is 410 g/mol. The SMILES string of the molecule is CCc1ccc(-c2nc(C(=O)NC3CCN(C(=O)c4ccco4)CC3)cs2)cc1. The number of hydrogen-bond donors (Lipinski definition) is 1. The van der Waals surface area contributed by atoms with Crippen molar-refractivity contribution in [2.24, 2.45) is 0 Å². The summed E-state index contributed by atoms with van der Waals surface area (Å²) in [7, 11) is 0. The highest BCUT2D eigenvalue weighted by atomic mass is 32.1. The number of aryl methyl sites for hydroxylation is 1. The van der Waals surface area contributed by atoms with E-state index < -0.39 is 0 Å². The van der Waals surface area contributed by atoms with Crippen molar-refractivity contribution in [1.29, 1.82) is 0 Å². The molecular weight excluding hydrogens is 386 g/mol. The van der Waals surface area contributed by atoms with E-state index in [4.69, 9.17) is 4.42 Å². The highest BCUT2D eigenvalue weighted by Gasteiger charge is 2.26. The third-order valence-corrected chi connectivity index (χ3v) is 6.09. The summed E-state index contributed by atoms with van der Waals surface area (Å²) in [6.45, 7) is 3.31. The summed E-state index contributed by atoms with van der Waals surface area (Å²) in [5.74, 6) is 0.0981. The molecule has 0 saturated carbocycles. The monoisotopic (exact) mass is 409 g/mol. The smallest absolute Gasteiger partial charge is 0.289 e. The first-order valence-corrected chi connectivity index (χ1v) is 10.7. The molecule has 0 atom stereocenters. The van der Waals surface area contributed by atoms with Crippen LogP contribution in [0, 0.1) is 0 Å². The van der Waals surface area contributed by atoms with Gasteiger partial charge in [0.2, 0.25) is 0 Å². The molecule has 1 aromatic carbocycles. The standard InChI is InChI=1S/C22H23N3O3S/c1-2-15-5-7-16(8-6-15)21-24-18(14-29-21)20(26)23-17-9-11-25(12-10-17)22(27)19-4-3-13-28-19/h3-8,13-14,17H,2,9-12H2,1H3,(H,23,26). The number of benzene rings is 1. The summed E-state index contributed by atoms with van der Waals surface area (Å²) in [6, 6.07) is 11.7. The molecule has 3 heterocycles. The number of aromatic nitrogens is 1. The largest absolute Gasteiger partial charge is 0.459 e. The van der Waals surface area contributed by atoms with Gasteiger partial charge in [-0.1, -0.05) is 31.2 Å². The van der Waals surface area contributed by atoms with Crippen LogP contribution in [-0.2, 0) is 6.42 Å². The van der Waals surface area contributed by atoms with Gasteiger partial charge in [-0.15, -0.1) is 11.3 Å². The van der Waals surface area contributed by atoms with Crippen molar-refractivity contribution in [3.8, 4) is 10.6 Å². The molecule has 150 valence electrons. The van der Waals surface area contributed by atoms with Crippen molar-refractivity contribution in [3.05, 3.63) is 65.1 Å². The summed E-state index contributed by atoms with van der Waals surface area (Å²) in [6.07, 6.45) is 3.93. The average Bonchev–Trinajstić information content (AvgIpc) is 3.46. The molecular formula is C22H23N3O3S. The third kappa shape index (κ3) is 4.40. The van der Waals surface area contributed by atoms with Gasteiger partial charge in [-0.3, -0.25) is 9.59 Å². The minimum absolute atomic E-state index is 0.0390. The molecule has 0 unspecified atom stereocenters. The van der Waals surface area contributed by atoms with E-state index in [1.54, 1.807) is 22.4 Å². The Morgan fingerprint density at radius 2 is 1.97 bits per heavy atom. The Balaban J connectivity index is 1.32. The van der Waals surface area contributed by atoms with E-state index in [9.17, 15) is 9.59 Å². The summed E-state index contributed by atoms with van der Waals surface area (Å²) in [4.78, 5) is 31.2. The quantitative estimate of drug-likeness (QED) is 0.691. The number of hydrogen-bond acceptors (Lipinski definition) is 5. The molecule has 4 rings (SSSR count). The van der Waals surface area contributed by atoms with E-state index in [0.29, 0.717) is 37.4 Å². The zero-order valence-electron chi connectivity index (χ0n) is 16.3. The Morgan fingerprint density at radius 1 is 1.21 bits per heavy atom. The summed E-state index contributed by atoms with van der Waals surface area (Å²) < 4.78 is 5.18. The lowest BCUT2D eigenvalue weighted by atomic mass is 10.0. The molecule has 2 amide bonds. The summed E-state index contributed by atoms with van der Waals surface area (Å²) >= 11 is 1.47. The lowest BCUT2D eigenvalue weighted by molar-refractivity contribution is 0.0667. The third-order valence-electron chi connectivity index (χ3n) is 5.20. The number of nitrogens with zero attached hydrogens (tertiary/aromatic N) is 2. The van der Waals surface area contributed by atoms with Crippen LogP contribution in [0.4, 0.5) is 0 Å². The molecule has 2 aromatic heterocycles. The lowest BCUT2D eigenvalue weighted by Crippen LogP contribution is -2.46. The normalized spacial score (nSPS) is 14.7. The first kappa shape index (κ1) is 19.4. The summed E-state index contributed by atoms with van der Waals surface area (Å²) in [5, 5.41) is 5.70. The topological polar surface area (TPSA) is 75.4 Å². The van der Waals surface area contributed by atoms with E-state index in [2.05, 4.69) is 29.4 Å². The van der Waals surface area contributed by atoms with Gasteiger partial charge < -0.3 is 14.6 Å². The molecule has 1 N–H and O–H groups in total. The predicted octanol–water partition coefficient (Wildman–Crippen LogP) is 4.00. The van der Waals surface area contributed by atoms with E-state index in [1.807, 2.05) is 12.1 Å². The second kappa shape index (κ2) is 8.61. The molecule has 29 heavy (non-hydrogen) atoms. The first-order valence-electron chi connectivity index (χ1n) is 9.82. The molecule has 0 radical (unpaired) electrons. The van der Waals surface area contributed by atoms with Crippen molar-refractivity contribution in [2.75, 3.05) is 13.1 Å². The Labute approximate surface area is 173 Å². The number of piperidine rings is 1. The molecule has 7 heteroatoms.